The van der Waals surface area contributed by atoms with Gasteiger partial charge in [0.25, 0.3) is 0 Å². The van der Waals surface area contributed by atoms with Crippen LogP contribution >= 0.6 is 0 Å². The standard InChI is InChI=1S/C13H17N3O3/c1-17-11-8-15-12(13(16-11)18-2)10(14)6-5-9-4-3-7-19-9/h3-4,7-8,10H,5-6,14H2,1-2H3. The zero-order valence-electron chi connectivity index (χ0n) is 11.0. The number of nitrogens with two attached hydrogens (primary N) is 1. The summed E-state index contributed by atoms with van der Waals surface area (Å²) in [6.45, 7) is 0. The Morgan fingerprint density at radius 3 is 2.84 bits per heavy atom. The lowest BCUT2D eigenvalue weighted by Crippen LogP contribution is -2.15. The van der Waals surface area contributed by atoms with Crippen LogP contribution < -0.4 is 15.2 Å². The molecule has 102 valence electrons. The first-order valence-electron chi connectivity index (χ1n) is 5.97. The van der Waals surface area contributed by atoms with Gasteiger partial charge in [-0.1, -0.05) is 0 Å². The molecular weight excluding hydrogens is 246 g/mol. The van der Waals surface area contributed by atoms with Crippen molar-refractivity contribution >= 4 is 0 Å². The van der Waals surface area contributed by atoms with Crippen LogP contribution in [0.4, 0.5) is 0 Å². The fourth-order valence-corrected chi connectivity index (χ4v) is 1.76. The number of furan rings is 1. The molecule has 0 radical (unpaired) electrons. The Hall–Kier alpha value is -2.08. The second kappa shape index (κ2) is 6.19. The molecule has 0 spiro atoms. The van der Waals surface area contributed by atoms with Gasteiger partial charge in [0.05, 0.1) is 32.7 Å². The van der Waals surface area contributed by atoms with Crippen LogP contribution in [0.2, 0.25) is 0 Å². The molecule has 6 heteroatoms. The lowest BCUT2D eigenvalue weighted by atomic mass is 10.1. The van der Waals surface area contributed by atoms with E-state index in [9.17, 15) is 0 Å². The van der Waals surface area contributed by atoms with E-state index in [1.54, 1.807) is 6.26 Å². The minimum absolute atomic E-state index is 0.265. The molecule has 0 aliphatic heterocycles. The molecule has 19 heavy (non-hydrogen) atoms. The highest BCUT2D eigenvalue weighted by Gasteiger charge is 2.16. The largest absolute Gasteiger partial charge is 0.480 e. The molecule has 1 unspecified atom stereocenters. The molecule has 2 heterocycles. The first-order chi connectivity index (χ1) is 9.24. The third-order valence-electron chi connectivity index (χ3n) is 2.78. The third kappa shape index (κ3) is 3.23. The van der Waals surface area contributed by atoms with E-state index in [4.69, 9.17) is 19.6 Å². The molecule has 2 N–H and O–H groups in total. The first-order valence-corrected chi connectivity index (χ1v) is 5.97. The van der Waals surface area contributed by atoms with Crippen molar-refractivity contribution in [1.29, 1.82) is 0 Å². The molecular formula is C13H17N3O3. The summed E-state index contributed by atoms with van der Waals surface area (Å²) < 4.78 is 15.5. The number of hydrogen-bond acceptors (Lipinski definition) is 6. The van der Waals surface area contributed by atoms with E-state index >= 15 is 0 Å². The van der Waals surface area contributed by atoms with Gasteiger partial charge < -0.3 is 19.6 Å². The van der Waals surface area contributed by atoms with Gasteiger partial charge in [0.15, 0.2) is 0 Å². The van der Waals surface area contributed by atoms with Crippen LogP contribution in [-0.4, -0.2) is 24.2 Å². The Bertz CT molecular complexity index is 514. The zero-order chi connectivity index (χ0) is 13.7. The highest BCUT2D eigenvalue weighted by molar-refractivity contribution is 5.25. The maximum atomic E-state index is 6.11. The van der Waals surface area contributed by atoms with Crippen LogP contribution in [0, 0.1) is 0 Å². The Kier molecular flexibility index (Phi) is 4.35. The van der Waals surface area contributed by atoms with Gasteiger partial charge in [-0.15, -0.1) is 0 Å². The Balaban J connectivity index is 2.07. The first kappa shape index (κ1) is 13.4. The molecule has 0 saturated carbocycles. The number of nitrogens with zero attached hydrogens (tertiary/aromatic N) is 2. The smallest absolute Gasteiger partial charge is 0.240 e. The molecule has 6 nitrogen and oxygen atoms in total. The van der Waals surface area contributed by atoms with E-state index in [0.717, 1.165) is 12.2 Å². The van der Waals surface area contributed by atoms with E-state index in [-0.39, 0.29) is 6.04 Å². The van der Waals surface area contributed by atoms with Gasteiger partial charge in [0, 0.05) is 6.42 Å². The van der Waals surface area contributed by atoms with Gasteiger partial charge in [-0.2, -0.15) is 4.98 Å². The average molecular weight is 263 g/mol. The minimum atomic E-state index is -0.265. The van der Waals surface area contributed by atoms with Gasteiger partial charge in [-0.05, 0) is 18.6 Å². The van der Waals surface area contributed by atoms with Gasteiger partial charge in [-0.25, -0.2) is 4.98 Å². The van der Waals surface area contributed by atoms with Crippen LogP contribution in [0.25, 0.3) is 0 Å². The van der Waals surface area contributed by atoms with E-state index in [0.29, 0.717) is 23.9 Å². The number of aromatic nitrogens is 2. The average Bonchev–Trinajstić information content (AvgIpc) is 2.97. The van der Waals surface area contributed by atoms with Crippen LogP contribution in [0.3, 0.4) is 0 Å². The van der Waals surface area contributed by atoms with Crippen molar-refractivity contribution in [3.63, 3.8) is 0 Å². The van der Waals surface area contributed by atoms with Crippen LogP contribution in [-0.2, 0) is 6.42 Å². The predicted octanol–water partition coefficient (Wildman–Crippen LogP) is 1.72. The third-order valence-corrected chi connectivity index (χ3v) is 2.78. The van der Waals surface area contributed by atoms with Crippen molar-refractivity contribution in [1.82, 2.24) is 9.97 Å². The molecule has 0 bridgehead atoms. The molecule has 0 amide bonds. The molecule has 0 aliphatic carbocycles. The van der Waals surface area contributed by atoms with Crippen molar-refractivity contribution in [2.75, 3.05) is 14.2 Å². The number of aryl methyl sites for hydroxylation is 1. The zero-order valence-corrected chi connectivity index (χ0v) is 11.0. The second-order valence-electron chi connectivity index (χ2n) is 4.03. The topological polar surface area (TPSA) is 83.4 Å². The fraction of sp³-hybridized carbons (Fsp3) is 0.385. The molecule has 0 aromatic carbocycles. The number of methoxy groups -OCH3 is 2. The molecule has 2 rings (SSSR count). The minimum Gasteiger partial charge on any atom is -0.480 e. The monoisotopic (exact) mass is 263 g/mol. The van der Waals surface area contributed by atoms with Crippen molar-refractivity contribution < 1.29 is 13.9 Å². The molecule has 2 aromatic heterocycles. The maximum absolute atomic E-state index is 6.11. The van der Waals surface area contributed by atoms with E-state index in [1.165, 1.54) is 20.4 Å². The van der Waals surface area contributed by atoms with Crippen molar-refractivity contribution in [2.24, 2.45) is 5.73 Å². The van der Waals surface area contributed by atoms with Gasteiger partial charge in [0.2, 0.25) is 11.8 Å². The SMILES string of the molecule is COc1cnc(C(N)CCc2ccco2)c(OC)n1. The Morgan fingerprint density at radius 2 is 2.21 bits per heavy atom. The van der Waals surface area contributed by atoms with Crippen molar-refractivity contribution in [2.45, 2.75) is 18.9 Å². The summed E-state index contributed by atoms with van der Waals surface area (Å²) in [6, 6.07) is 3.51. The lowest BCUT2D eigenvalue weighted by molar-refractivity contribution is 0.352. The summed E-state index contributed by atoms with van der Waals surface area (Å²) in [4.78, 5) is 8.42. The van der Waals surface area contributed by atoms with Gasteiger partial charge in [0.1, 0.15) is 11.5 Å². The molecule has 1 atom stereocenters. The summed E-state index contributed by atoms with van der Waals surface area (Å²) in [5.41, 5.74) is 6.73. The summed E-state index contributed by atoms with van der Waals surface area (Å²) >= 11 is 0. The predicted molar refractivity (Wildman–Crippen MR) is 69.1 cm³/mol. The summed E-state index contributed by atoms with van der Waals surface area (Å²) in [5.74, 6) is 1.70. The summed E-state index contributed by atoms with van der Waals surface area (Å²) in [7, 11) is 3.06. The lowest BCUT2D eigenvalue weighted by Gasteiger charge is -2.13. The van der Waals surface area contributed by atoms with Crippen molar-refractivity contribution in [3.8, 4) is 11.8 Å². The molecule has 0 saturated heterocycles. The van der Waals surface area contributed by atoms with E-state index in [2.05, 4.69) is 9.97 Å². The second-order valence-corrected chi connectivity index (χ2v) is 4.03. The van der Waals surface area contributed by atoms with Crippen LogP contribution in [0.15, 0.2) is 29.0 Å². The van der Waals surface area contributed by atoms with E-state index in [1.807, 2.05) is 12.1 Å². The van der Waals surface area contributed by atoms with Crippen LogP contribution in [0.5, 0.6) is 11.8 Å². The van der Waals surface area contributed by atoms with Crippen LogP contribution in [0.1, 0.15) is 23.9 Å². The number of ether oxygens (including phenoxy) is 2. The highest BCUT2D eigenvalue weighted by Crippen LogP contribution is 2.24. The number of rotatable bonds is 6. The maximum Gasteiger partial charge on any atom is 0.240 e. The molecule has 0 fully saturated rings. The Morgan fingerprint density at radius 1 is 1.37 bits per heavy atom. The highest BCUT2D eigenvalue weighted by atomic mass is 16.5. The quantitative estimate of drug-likeness (QED) is 0.854. The van der Waals surface area contributed by atoms with E-state index < -0.39 is 0 Å². The number of hydrogen-bond donors (Lipinski definition) is 1. The molecule has 0 aliphatic rings. The van der Waals surface area contributed by atoms with Gasteiger partial charge in [-0.3, -0.25) is 0 Å². The summed E-state index contributed by atoms with van der Waals surface area (Å²) in [5, 5.41) is 0. The normalized spacial score (nSPS) is 12.2. The Labute approximate surface area is 111 Å². The van der Waals surface area contributed by atoms with Crippen molar-refractivity contribution in [3.05, 3.63) is 36.0 Å². The summed E-state index contributed by atoms with van der Waals surface area (Å²) in [6.07, 6.45) is 4.62. The fourth-order valence-electron chi connectivity index (χ4n) is 1.76. The molecule has 2 aromatic rings. The van der Waals surface area contributed by atoms with Gasteiger partial charge >= 0.3 is 0 Å².